The van der Waals surface area contributed by atoms with Gasteiger partial charge < -0.3 is 25.8 Å². The minimum absolute atomic E-state index is 0.207. The van der Waals surface area contributed by atoms with Gasteiger partial charge in [0.15, 0.2) is 0 Å². The zero-order valence-electron chi connectivity index (χ0n) is 25.1. The topological polar surface area (TPSA) is 93.8 Å². The quantitative estimate of drug-likeness (QED) is 0.297. The summed E-state index contributed by atoms with van der Waals surface area (Å²) in [6, 6.07) is 19.6. The van der Waals surface area contributed by atoms with E-state index in [1.54, 1.807) is 18.2 Å². The Bertz CT molecular complexity index is 1450. The summed E-state index contributed by atoms with van der Waals surface area (Å²) in [6.45, 7) is 7.68. The minimum Gasteiger partial charge on any atom is -0.378 e. The van der Waals surface area contributed by atoms with Crippen molar-refractivity contribution >= 4 is 46.5 Å². The number of carbonyl (C=O) groups is 3. The summed E-state index contributed by atoms with van der Waals surface area (Å²) in [5, 5.41) is 9.25. The number of urea groups is 1. The van der Waals surface area contributed by atoms with Crippen LogP contribution in [0.15, 0.2) is 66.7 Å². The van der Waals surface area contributed by atoms with Gasteiger partial charge in [0, 0.05) is 47.6 Å². The smallest absolute Gasteiger partial charge is 0.319 e. The maximum atomic E-state index is 14.2. The monoisotopic (exact) mass is 589 g/mol. The zero-order valence-corrected chi connectivity index (χ0v) is 25.9. The normalized spacial score (nSPS) is 16.7. The van der Waals surface area contributed by atoms with Crippen LogP contribution in [-0.4, -0.2) is 50.1 Å². The number of benzene rings is 3. The van der Waals surface area contributed by atoms with Crippen molar-refractivity contribution in [3.05, 3.63) is 88.4 Å². The van der Waals surface area contributed by atoms with Gasteiger partial charge >= 0.3 is 6.03 Å². The van der Waals surface area contributed by atoms with Gasteiger partial charge in [-0.25, -0.2) is 4.79 Å². The molecule has 0 bridgehead atoms. The fourth-order valence-corrected chi connectivity index (χ4v) is 5.22. The SMILES string of the molecule is CCC(C)(C)NC(=O)CN1C(=O)C(NC(=O)Nc2cccc(N(C)C)c2)CC(c2ccc(C)cc2)c2ccc(Cl)cc21. The molecule has 4 rings (SSSR count). The molecular weight excluding hydrogens is 550 g/mol. The molecule has 2 atom stereocenters. The number of rotatable bonds is 8. The molecule has 0 saturated carbocycles. The largest absolute Gasteiger partial charge is 0.378 e. The van der Waals surface area contributed by atoms with Crippen LogP contribution in [0.2, 0.25) is 5.02 Å². The molecule has 0 fully saturated rings. The molecule has 9 heteroatoms. The summed E-state index contributed by atoms with van der Waals surface area (Å²) in [5.41, 5.74) is 4.63. The van der Waals surface area contributed by atoms with Crippen molar-refractivity contribution in [2.24, 2.45) is 0 Å². The van der Waals surface area contributed by atoms with Crippen LogP contribution in [0, 0.1) is 6.92 Å². The summed E-state index contributed by atoms with van der Waals surface area (Å²) >= 11 is 6.45. The maximum absolute atomic E-state index is 14.2. The fraction of sp³-hybridized carbons (Fsp3) is 0.364. The third kappa shape index (κ3) is 7.42. The molecule has 8 nitrogen and oxygen atoms in total. The number of halogens is 1. The van der Waals surface area contributed by atoms with Crippen LogP contribution in [0.5, 0.6) is 0 Å². The average molecular weight is 590 g/mol. The van der Waals surface area contributed by atoms with E-state index in [0.717, 1.165) is 28.8 Å². The lowest BCUT2D eigenvalue weighted by atomic mass is 9.85. The molecule has 1 heterocycles. The van der Waals surface area contributed by atoms with Gasteiger partial charge in [0.1, 0.15) is 12.6 Å². The van der Waals surface area contributed by atoms with Crippen LogP contribution in [0.3, 0.4) is 0 Å². The highest BCUT2D eigenvalue weighted by Crippen LogP contribution is 2.40. The van der Waals surface area contributed by atoms with E-state index in [4.69, 9.17) is 11.6 Å². The molecule has 0 aliphatic carbocycles. The molecule has 4 amide bonds. The number of anilines is 3. The zero-order chi connectivity index (χ0) is 30.6. The highest BCUT2D eigenvalue weighted by Gasteiger charge is 2.38. The van der Waals surface area contributed by atoms with Gasteiger partial charge in [0.25, 0.3) is 0 Å². The second-order valence-electron chi connectivity index (χ2n) is 11.7. The number of hydrogen-bond acceptors (Lipinski definition) is 4. The fourth-order valence-electron chi connectivity index (χ4n) is 5.05. The van der Waals surface area contributed by atoms with Gasteiger partial charge in [-0.1, -0.05) is 60.5 Å². The minimum atomic E-state index is -0.911. The van der Waals surface area contributed by atoms with Gasteiger partial charge in [0.2, 0.25) is 11.8 Å². The van der Waals surface area contributed by atoms with Gasteiger partial charge in [-0.05, 0) is 75.1 Å². The first-order valence-corrected chi connectivity index (χ1v) is 14.6. The Labute approximate surface area is 253 Å². The van der Waals surface area contributed by atoms with Crippen molar-refractivity contribution in [3.63, 3.8) is 0 Å². The number of aryl methyl sites for hydroxylation is 1. The van der Waals surface area contributed by atoms with Crippen molar-refractivity contribution in [2.45, 2.75) is 58.0 Å². The molecule has 0 saturated heterocycles. The third-order valence-electron chi connectivity index (χ3n) is 7.76. The highest BCUT2D eigenvalue weighted by atomic mass is 35.5. The van der Waals surface area contributed by atoms with E-state index in [1.165, 1.54) is 4.90 Å². The van der Waals surface area contributed by atoms with E-state index < -0.39 is 17.6 Å². The van der Waals surface area contributed by atoms with E-state index in [-0.39, 0.29) is 24.3 Å². The predicted molar refractivity (Wildman–Crippen MR) is 171 cm³/mol. The second-order valence-corrected chi connectivity index (χ2v) is 12.1. The number of nitrogens with zero attached hydrogens (tertiary/aromatic N) is 2. The molecule has 3 N–H and O–H groups in total. The van der Waals surface area contributed by atoms with Gasteiger partial charge in [-0.15, -0.1) is 0 Å². The Morgan fingerprint density at radius 3 is 2.43 bits per heavy atom. The third-order valence-corrected chi connectivity index (χ3v) is 8.00. The van der Waals surface area contributed by atoms with Crippen molar-refractivity contribution in [1.29, 1.82) is 0 Å². The molecule has 1 aliphatic rings. The molecule has 0 radical (unpaired) electrons. The Morgan fingerprint density at radius 2 is 1.76 bits per heavy atom. The van der Waals surface area contributed by atoms with Crippen molar-refractivity contribution in [1.82, 2.24) is 10.6 Å². The van der Waals surface area contributed by atoms with Gasteiger partial charge in [-0.2, -0.15) is 0 Å². The van der Waals surface area contributed by atoms with Gasteiger partial charge in [0.05, 0.1) is 0 Å². The first-order valence-electron chi connectivity index (χ1n) is 14.2. The average Bonchev–Trinajstić information content (AvgIpc) is 3.04. The van der Waals surface area contributed by atoms with E-state index in [9.17, 15) is 14.4 Å². The first kappa shape index (κ1) is 30.9. The van der Waals surface area contributed by atoms with E-state index >= 15 is 0 Å². The molecule has 42 heavy (non-hydrogen) atoms. The van der Waals surface area contributed by atoms with Crippen LogP contribution in [-0.2, 0) is 9.59 Å². The van der Waals surface area contributed by atoms with Crippen molar-refractivity contribution in [2.75, 3.05) is 35.8 Å². The van der Waals surface area contributed by atoms with Crippen molar-refractivity contribution in [3.8, 4) is 0 Å². The lowest BCUT2D eigenvalue weighted by Gasteiger charge is -2.29. The highest BCUT2D eigenvalue weighted by molar-refractivity contribution is 6.31. The molecule has 1 aliphatic heterocycles. The van der Waals surface area contributed by atoms with Crippen LogP contribution in [0.25, 0.3) is 0 Å². The summed E-state index contributed by atoms with van der Waals surface area (Å²) in [4.78, 5) is 44.1. The molecule has 222 valence electrons. The second kappa shape index (κ2) is 12.9. The molecule has 0 spiro atoms. The standard InChI is InChI=1S/C33H40ClN5O3/c1-7-33(3,4)37-30(40)20-39-29-17-23(34)15-16-26(29)27(22-13-11-21(2)12-14-22)19-28(31(39)41)36-32(42)35-24-9-8-10-25(18-24)38(5)6/h8-18,27-28H,7,19-20H2,1-6H3,(H,37,40)(H2,35,36,42). The lowest BCUT2D eigenvalue weighted by Crippen LogP contribution is -2.53. The molecule has 3 aromatic carbocycles. The Kier molecular flexibility index (Phi) is 9.46. The lowest BCUT2D eigenvalue weighted by molar-refractivity contribution is -0.125. The van der Waals surface area contributed by atoms with E-state index in [0.29, 0.717) is 22.8 Å². The summed E-state index contributed by atoms with van der Waals surface area (Å²) in [7, 11) is 3.84. The molecule has 2 unspecified atom stereocenters. The van der Waals surface area contributed by atoms with Crippen LogP contribution in [0.4, 0.5) is 21.9 Å². The number of nitrogens with one attached hydrogen (secondary N) is 3. The van der Waals surface area contributed by atoms with Gasteiger partial charge in [-0.3, -0.25) is 9.59 Å². The number of carbonyl (C=O) groups excluding carboxylic acids is 3. The Hall–Kier alpha value is -4.04. The number of amides is 4. The number of fused-ring (bicyclic) bond motifs is 1. The van der Waals surface area contributed by atoms with E-state index in [2.05, 4.69) is 16.0 Å². The molecular formula is C33H40ClN5O3. The Morgan fingerprint density at radius 1 is 1.05 bits per heavy atom. The van der Waals surface area contributed by atoms with Crippen LogP contribution < -0.4 is 25.8 Å². The van der Waals surface area contributed by atoms with Crippen molar-refractivity contribution < 1.29 is 14.4 Å². The van der Waals surface area contributed by atoms with Crippen LogP contribution in [0.1, 0.15) is 56.2 Å². The predicted octanol–water partition coefficient (Wildman–Crippen LogP) is 6.08. The summed E-state index contributed by atoms with van der Waals surface area (Å²) in [5.74, 6) is -0.905. The first-order chi connectivity index (χ1) is 19.9. The number of hydrogen-bond donors (Lipinski definition) is 3. The Balaban J connectivity index is 1.71. The van der Waals surface area contributed by atoms with E-state index in [1.807, 2.05) is 95.2 Å². The van der Waals surface area contributed by atoms with Crippen LogP contribution >= 0.6 is 11.6 Å². The maximum Gasteiger partial charge on any atom is 0.319 e. The summed E-state index contributed by atoms with van der Waals surface area (Å²) in [6.07, 6.45) is 1.03. The molecule has 3 aromatic rings. The molecule has 0 aromatic heterocycles. The summed E-state index contributed by atoms with van der Waals surface area (Å²) < 4.78 is 0.